The first kappa shape index (κ1) is 23.5. The molecule has 0 aliphatic heterocycles. The Labute approximate surface area is 109 Å². The second-order valence-corrected chi connectivity index (χ2v) is 1.96. The fourth-order valence-electron chi connectivity index (χ4n) is 0.590. The van der Waals surface area contributed by atoms with Crippen molar-refractivity contribution in [2.24, 2.45) is 0 Å². The van der Waals surface area contributed by atoms with Crippen LogP contribution in [0.3, 0.4) is 0 Å². The molecule has 0 aromatic rings. The molecule has 1 radical (unpaired) electrons. The molecule has 1 N–H and O–H groups in total. The van der Waals surface area contributed by atoms with Crippen LogP contribution >= 0.6 is 0 Å². The van der Waals surface area contributed by atoms with Crippen LogP contribution in [0.1, 0.15) is 20.3 Å². The number of hydrogen-bond acceptors (Lipinski definition) is 1. The van der Waals surface area contributed by atoms with Gasteiger partial charge in [-0.05, 0) is 13.1 Å². The Morgan fingerprint density at radius 3 is 1.85 bits per heavy atom. The number of nitrogens with one attached hydrogen (secondary N) is 1. The summed E-state index contributed by atoms with van der Waals surface area (Å²) in [5.41, 5.74) is 0. The first-order valence-electron chi connectivity index (χ1n) is 3.84. The summed E-state index contributed by atoms with van der Waals surface area (Å²) in [4.78, 5) is 0. The Bertz CT molecular complexity index is 104. The van der Waals surface area contributed by atoms with Gasteiger partial charge in [-0.15, -0.1) is 6.42 Å². The number of rotatable bonds is 2. The van der Waals surface area contributed by atoms with E-state index in [-0.39, 0.29) is 46.5 Å². The van der Waals surface area contributed by atoms with Crippen LogP contribution < -0.4 is 30.1 Å². The predicted molar refractivity (Wildman–Crippen MR) is 45.8 cm³/mol. The maximum Gasteiger partial charge on any atom is 3.00 e. The van der Waals surface area contributed by atoms with Crippen molar-refractivity contribution < 1.29 is 46.5 Å². The van der Waals surface area contributed by atoms with Crippen LogP contribution in [0.5, 0.6) is 0 Å². The van der Waals surface area contributed by atoms with Gasteiger partial charge in [0.05, 0.1) is 0 Å². The zero-order chi connectivity index (χ0) is 7.66. The van der Waals surface area contributed by atoms with E-state index in [1.165, 1.54) is 0 Å². The summed E-state index contributed by atoms with van der Waals surface area (Å²) in [6.45, 7) is 6.39. The third-order valence-electron chi connectivity index (χ3n) is 1.09. The van der Waals surface area contributed by atoms with E-state index in [1.807, 2.05) is 12.2 Å². The van der Waals surface area contributed by atoms with Gasteiger partial charge in [0, 0.05) is 0 Å². The van der Waals surface area contributed by atoms with Crippen LogP contribution in [0.4, 0.5) is 0 Å². The standard InChI is InChI=1S/C5H5.C4H11N.2ClH.Ti/c1-2-4-5-3-1;1-3-5-4-2;;;/h1-3H,4H2;5H,3-4H2,1-2H3;2*1H;/q-1;;;;+3/p-2. The summed E-state index contributed by atoms with van der Waals surface area (Å²) in [5, 5.41) is 3.11. The third kappa shape index (κ3) is 24.5. The molecule has 0 aromatic carbocycles. The molecule has 1 nitrogen and oxygen atoms in total. The van der Waals surface area contributed by atoms with Gasteiger partial charge in [-0.2, -0.15) is 6.08 Å². The average molecular weight is 257 g/mol. The van der Waals surface area contributed by atoms with Crippen LogP contribution in [0, 0.1) is 6.08 Å². The Balaban J connectivity index is -0.0000000506. The molecular weight excluding hydrogens is 241 g/mol. The zero-order valence-corrected chi connectivity index (χ0v) is 11.2. The fourth-order valence-corrected chi connectivity index (χ4v) is 0.590. The van der Waals surface area contributed by atoms with Crippen molar-refractivity contribution in [2.75, 3.05) is 13.1 Å². The van der Waals surface area contributed by atoms with Gasteiger partial charge in [0.25, 0.3) is 0 Å². The summed E-state index contributed by atoms with van der Waals surface area (Å²) >= 11 is 0. The largest absolute Gasteiger partial charge is 3.00 e. The van der Waals surface area contributed by atoms with Crippen LogP contribution in [0.25, 0.3) is 0 Å². The minimum Gasteiger partial charge on any atom is -1.00 e. The van der Waals surface area contributed by atoms with E-state index >= 15 is 0 Å². The Morgan fingerprint density at radius 2 is 1.77 bits per heavy atom. The fraction of sp³-hybridized carbons (Fsp3) is 0.556. The monoisotopic (exact) mass is 256 g/mol. The van der Waals surface area contributed by atoms with Gasteiger partial charge >= 0.3 is 21.7 Å². The molecule has 75 valence electrons. The molecule has 0 amide bonds. The maximum absolute atomic E-state index is 3.11. The molecule has 0 aromatic heterocycles. The molecule has 4 heteroatoms. The van der Waals surface area contributed by atoms with Crippen LogP contribution in [-0.2, 0) is 21.7 Å². The van der Waals surface area contributed by atoms with Gasteiger partial charge in [-0.1, -0.05) is 13.8 Å². The molecule has 1 aliphatic rings. The Kier molecular flexibility index (Phi) is 41.6. The van der Waals surface area contributed by atoms with Gasteiger partial charge in [0.15, 0.2) is 0 Å². The van der Waals surface area contributed by atoms with Crippen LogP contribution in [0.2, 0.25) is 0 Å². The minimum atomic E-state index is 0. The molecule has 1 rings (SSSR count). The van der Waals surface area contributed by atoms with Gasteiger partial charge in [0.1, 0.15) is 0 Å². The second kappa shape index (κ2) is 23.0. The van der Waals surface area contributed by atoms with Crippen molar-refractivity contribution in [2.45, 2.75) is 20.3 Å². The van der Waals surface area contributed by atoms with Gasteiger partial charge in [0.2, 0.25) is 0 Å². The SMILES string of the molecule is CCNCC.[C-]1=CC=CC1.[Cl-].[Cl-].[Ti+3]. The van der Waals surface area contributed by atoms with Crippen LogP contribution in [-0.4, -0.2) is 13.1 Å². The van der Waals surface area contributed by atoms with Crippen molar-refractivity contribution >= 4 is 0 Å². The number of hydrogen-bond donors (Lipinski definition) is 1. The molecule has 0 unspecified atom stereocenters. The van der Waals surface area contributed by atoms with Gasteiger partial charge in [-0.25, -0.2) is 12.2 Å². The first-order valence-corrected chi connectivity index (χ1v) is 3.84. The molecule has 0 fully saturated rings. The van der Waals surface area contributed by atoms with E-state index in [2.05, 4.69) is 31.3 Å². The zero-order valence-electron chi connectivity index (χ0n) is 8.11. The maximum atomic E-state index is 3.11. The van der Waals surface area contributed by atoms with Crippen LogP contribution in [0.15, 0.2) is 18.2 Å². The molecule has 0 bridgehead atoms. The number of allylic oxidation sites excluding steroid dienone is 4. The smallest absolute Gasteiger partial charge is 1.00 e. The summed E-state index contributed by atoms with van der Waals surface area (Å²) in [5.74, 6) is 0. The summed E-state index contributed by atoms with van der Waals surface area (Å²) in [6.07, 6.45) is 10.0. The Morgan fingerprint density at radius 1 is 1.23 bits per heavy atom. The topological polar surface area (TPSA) is 12.0 Å². The molecule has 1 aliphatic carbocycles. The minimum absolute atomic E-state index is 0. The van der Waals surface area contributed by atoms with Crippen molar-refractivity contribution in [3.05, 3.63) is 24.3 Å². The van der Waals surface area contributed by atoms with E-state index < -0.39 is 0 Å². The Hall–Kier alpha value is 0.734. The molecule has 13 heavy (non-hydrogen) atoms. The molecular formula is C9H16Cl2NTi. The van der Waals surface area contributed by atoms with Gasteiger partial charge in [-0.3, -0.25) is 6.08 Å². The van der Waals surface area contributed by atoms with Crippen molar-refractivity contribution in [3.63, 3.8) is 0 Å². The van der Waals surface area contributed by atoms with E-state index in [9.17, 15) is 0 Å². The van der Waals surface area contributed by atoms with E-state index in [0.717, 1.165) is 19.5 Å². The average Bonchev–Trinajstić information content (AvgIpc) is 2.44. The third-order valence-corrected chi connectivity index (χ3v) is 1.09. The van der Waals surface area contributed by atoms with Crippen molar-refractivity contribution in [1.82, 2.24) is 5.32 Å². The van der Waals surface area contributed by atoms with E-state index in [1.54, 1.807) is 0 Å². The summed E-state index contributed by atoms with van der Waals surface area (Å²) in [6, 6.07) is 0. The number of halogens is 2. The quantitative estimate of drug-likeness (QED) is 0.392. The first-order chi connectivity index (χ1) is 4.91. The molecule has 0 heterocycles. The normalized spacial score (nSPS) is 10.0. The predicted octanol–water partition coefficient (Wildman–Crippen LogP) is -4.07. The summed E-state index contributed by atoms with van der Waals surface area (Å²) < 4.78 is 0. The second-order valence-electron chi connectivity index (χ2n) is 1.96. The van der Waals surface area contributed by atoms with Crippen molar-refractivity contribution in [1.29, 1.82) is 0 Å². The molecule has 0 saturated heterocycles. The molecule has 0 spiro atoms. The molecule has 0 atom stereocenters. The van der Waals surface area contributed by atoms with Gasteiger partial charge < -0.3 is 30.1 Å². The molecule has 0 saturated carbocycles. The van der Waals surface area contributed by atoms with Crippen molar-refractivity contribution in [3.8, 4) is 0 Å². The summed E-state index contributed by atoms with van der Waals surface area (Å²) in [7, 11) is 0. The van der Waals surface area contributed by atoms with E-state index in [0.29, 0.717) is 0 Å². The van der Waals surface area contributed by atoms with E-state index in [4.69, 9.17) is 0 Å².